The Bertz CT molecular complexity index is 720. The average molecular weight is 267 g/mol. The molecule has 0 saturated carbocycles. The summed E-state index contributed by atoms with van der Waals surface area (Å²) >= 11 is 0. The number of anilines is 1. The fraction of sp³-hybridized carbons (Fsp3) is 0.200. The topological polar surface area (TPSA) is 67.2 Å². The summed E-state index contributed by atoms with van der Waals surface area (Å²) in [6, 6.07) is 9.69. The van der Waals surface area contributed by atoms with Crippen molar-refractivity contribution in [3.8, 4) is 28.8 Å². The molecule has 100 valence electrons. The predicted octanol–water partition coefficient (Wildman–Crippen LogP) is 2.70. The van der Waals surface area contributed by atoms with E-state index in [9.17, 15) is 0 Å². The molecule has 1 aromatic carbocycles. The molecule has 0 radical (unpaired) electrons. The summed E-state index contributed by atoms with van der Waals surface area (Å²) in [6.07, 6.45) is 0. The molecule has 1 aliphatic heterocycles. The molecular weight excluding hydrogens is 254 g/mol. The number of hydrogen-bond acceptors (Lipinski definition) is 5. The number of fused-ring (bicyclic) bond motifs is 1. The van der Waals surface area contributed by atoms with Crippen LogP contribution in [-0.4, -0.2) is 18.8 Å². The number of hydrogen-bond donors (Lipinski definition) is 1. The van der Waals surface area contributed by atoms with Gasteiger partial charge in [-0.1, -0.05) is 0 Å². The van der Waals surface area contributed by atoms with Crippen LogP contribution in [0.4, 0.5) is 5.82 Å². The number of pyridine rings is 1. The fourth-order valence-electron chi connectivity index (χ4n) is 2.23. The van der Waals surface area contributed by atoms with Crippen LogP contribution in [0.15, 0.2) is 24.3 Å². The molecule has 1 N–H and O–H groups in total. The Labute approximate surface area is 116 Å². The lowest BCUT2D eigenvalue weighted by Crippen LogP contribution is -2.00. The molecule has 2 aromatic rings. The monoisotopic (exact) mass is 267 g/mol. The summed E-state index contributed by atoms with van der Waals surface area (Å²) < 4.78 is 10.7. The lowest BCUT2D eigenvalue weighted by molar-refractivity contribution is 0.174. The highest BCUT2D eigenvalue weighted by molar-refractivity contribution is 5.70. The first kappa shape index (κ1) is 12.3. The van der Waals surface area contributed by atoms with Crippen molar-refractivity contribution in [1.82, 2.24) is 4.98 Å². The van der Waals surface area contributed by atoms with Gasteiger partial charge in [-0.2, -0.15) is 5.26 Å². The Hall–Kier alpha value is -2.74. The van der Waals surface area contributed by atoms with Crippen LogP contribution in [0, 0.1) is 18.3 Å². The highest BCUT2D eigenvalue weighted by Gasteiger charge is 2.16. The largest absolute Gasteiger partial charge is 0.454 e. The molecule has 0 amide bonds. The van der Waals surface area contributed by atoms with Crippen LogP contribution in [0.25, 0.3) is 11.3 Å². The molecule has 0 bridgehead atoms. The molecule has 0 aliphatic carbocycles. The van der Waals surface area contributed by atoms with Crippen molar-refractivity contribution in [3.63, 3.8) is 0 Å². The molecule has 0 saturated heterocycles. The molecule has 0 spiro atoms. The summed E-state index contributed by atoms with van der Waals surface area (Å²) in [5.41, 5.74) is 3.24. The fourth-order valence-corrected chi connectivity index (χ4v) is 2.23. The molecule has 20 heavy (non-hydrogen) atoms. The van der Waals surface area contributed by atoms with Crippen LogP contribution < -0.4 is 14.8 Å². The minimum absolute atomic E-state index is 0.250. The second kappa shape index (κ2) is 4.74. The smallest absolute Gasteiger partial charge is 0.231 e. The zero-order valence-corrected chi connectivity index (χ0v) is 11.2. The molecule has 5 nitrogen and oxygen atoms in total. The molecule has 0 atom stereocenters. The van der Waals surface area contributed by atoms with Crippen molar-refractivity contribution in [2.75, 3.05) is 19.2 Å². The van der Waals surface area contributed by atoms with Gasteiger partial charge in [-0.3, -0.25) is 0 Å². The van der Waals surface area contributed by atoms with Crippen molar-refractivity contribution >= 4 is 5.82 Å². The molecule has 1 aromatic heterocycles. The van der Waals surface area contributed by atoms with Gasteiger partial charge in [-0.05, 0) is 36.8 Å². The van der Waals surface area contributed by atoms with E-state index < -0.39 is 0 Å². The average Bonchev–Trinajstić information content (AvgIpc) is 2.94. The maximum Gasteiger partial charge on any atom is 0.231 e. The first-order valence-corrected chi connectivity index (χ1v) is 6.22. The summed E-state index contributed by atoms with van der Waals surface area (Å²) in [5.74, 6) is 2.04. The van der Waals surface area contributed by atoms with E-state index >= 15 is 0 Å². The predicted molar refractivity (Wildman–Crippen MR) is 74.8 cm³/mol. The van der Waals surface area contributed by atoms with Gasteiger partial charge in [0, 0.05) is 12.6 Å². The van der Waals surface area contributed by atoms with E-state index in [4.69, 9.17) is 14.7 Å². The van der Waals surface area contributed by atoms with E-state index in [0.29, 0.717) is 11.4 Å². The Kier molecular flexibility index (Phi) is 2.92. The van der Waals surface area contributed by atoms with Gasteiger partial charge in [0.1, 0.15) is 11.9 Å². The van der Waals surface area contributed by atoms with E-state index in [1.54, 1.807) is 7.05 Å². The number of aryl methyl sites for hydroxylation is 1. The molecule has 0 fully saturated rings. The number of benzene rings is 1. The van der Waals surface area contributed by atoms with E-state index in [1.807, 2.05) is 31.2 Å². The molecule has 0 unspecified atom stereocenters. The lowest BCUT2D eigenvalue weighted by atomic mass is 10.0. The molecular formula is C15H13N3O2. The standard InChI is InChI=1S/C15H13N3O2/c1-9-5-11(7-16)15(17-2)18-14(9)10-3-4-12-13(6-10)20-8-19-12/h3-6H,8H2,1-2H3,(H,17,18). The second-order valence-electron chi connectivity index (χ2n) is 4.48. The van der Waals surface area contributed by atoms with E-state index in [0.717, 1.165) is 28.3 Å². The number of nitrogens with zero attached hydrogens (tertiary/aromatic N) is 2. The van der Waals surface area contributed by atoms with Gasteiger partial charge in [0.15, 0.2) is 11.5 Å². The third-order valence-corrected chi connectivity index (χ3v) is 3.22. The maximum atomic E-state index is 9.10. The van der Waals surface area contributed by atoms with Gasteiger partial charge in [0.2, 0.25) is 6.79 Å². The van der Waals surface area contributed by atoms with Crippen LogP contribution in [-0.2, 0) is 0 Å². The highest BCUT2D eigenvalue weighted by atomic mass is 16.7. The van der Waals surface area contributed by atoms with Crippen molar-refractivity contribution in [1.29, 1.82) is 5.26 Å². The number of aromatic nitrogens is 1. The van der Waals surface area contributed by atoms with Gasteiger partial charge < -0.3 is 14.8 Å². The van der Waals surface area contributed by atoms with Gasteiger partial charge >= 0.3 is 0 Å². The summed E-state index contributed by atoms with van der Waals surface area (Å²) in [5, 5.41) is 12.0. The van der Waals surface area contributed by atoms with Crippen molar-refractivity contribution in [3.05, 3.63) is 35.4 Å². The van der Waals surface area contributed by atoms with Crippen LogP contribution in [0.2, 0.25) is 0 Å². The summed E-state index contributed by atoms with van der Waals surface area (Å²) in [4.78, 5) is 4.53. The zero-order valence-electron chi connectivity index (χ0n) is 11.2. The van der Waals surface area contributed by atoms with Crippen LogP contribution in [0.3, 0.4) is 0 Å². The Balaban J connectivity index is 2.13. The highest BCUT2D eigenvalue weighted by Crippen LogP contribution is 2.36. The molecule has 5 heteroatoms. The van der Waals surface area contributed by atoms with Crippen molar-refractivity contribution < 1.29 is 9.47 Å². The summed E-state index contributed by atoms with van der Waals surface area (Å²) in [7, 11) is 1.75. The van der Waals surface area contributed by atoms with Crippen LogP contribution in [0.5, 0.6) is 11.5 Å². The quantitative estimate of drug-likeness (QED) is 0.906. The first-order chi connectivity index (χ1) is 9.72. The minimum Gasteiger partial charge on any atom is -0.454 e. The second-order valence-corrected chi connectivity index (χ2v) is 4.48. The summed E-state index contributed by atoms with van der Waals surface area (Å²) in [6.45, 7) is 2.19. The number of nitrogens with one attached hydrogen (secondary N) is 1. The molecule has 3 rings (SSSR count). The van der Waals surface area contributed by atoms with Crippen LogP contribution in [0.1, 0.15) is 11.1 Å². The van der Waals surface area contributed by atoms with Crippen molar-refractivity contribution in [2.24, 2.45) is 0 Å². The molecule has 1 aliphatic rings. The first-order valence-electron chi connectivity index (χ1n) is 6.22. The number of ether oxygens (including phenoxy) is 2. The minimum atomic E-state index is 0.250. The van der Waals surface area contributed by atoms with Gasteiger partial charge in [-0.25, -0.2) is 4.98 Å². The number of nitriles is 1. The van der Waals surface area contributed by atoms with Gasteiger partial charge in [-0.15, -0.1) is 0 Å². The Morgan fingerprint density at radius 2 is 2.05 bits per heavy atom. The van der Waals surface area contributed by atoms with E-state index in [1.165, 1.54) is 0 Å². The maximum absolute atomic E-state index is 9.10. The third kappa shape index (κ3) is 1.91. The zero-order chi connectivity index (χ0) is 14.1. The van der Waals surface area contributed by atoms with Crippen molar-refractivity contribution in [2.45, 2.75) is 6.92 Å². The van der Waals surface area contributed by atoms with E-state index in [-0.39, 0.29) is 6.79 Å². The lowest BCUT2D eigenvalue weighted by Gasteiger charge is -2.10. The van der Waals surface area contributed by atoms with E-state index in [2.05, 4.69) is 16.4 Å². The Morgan fingerprint density at radius 3 is 2.80 bits per heavy atom. The number of rotatable bonds is 2. The Morgan fingerprint density at radius 1 is 1.25 bits per heavy atom. The normalized spacial score (nSPS) is 12.1. The van der Waals surface area contributed by atoms with Gasteiger partial charge in [0.25, 0.3) is 0 Å². The SMILES string of the molecule is CNc1nc(-c2ccc3c(c2)OCO3)c(C)cc1C#N. The van der Waals surface area contributed by atoms with Gasteiger partial charge in [0.05, 0.1) is 11.3 Å². The van der Waals surface area contributed by atoms with Crippen LogP contribution >= 0.6 is 0 Å². The third-order valence-electron chi connectivity index (χ3n) is 3.22. The molecule has 2 heterocycles.